The minimum Gasteiger partial charge on any atom is -0.497 e. The highest BCUT2D eigenvalue weighted by atomic mass is 127. The fourth-order valence-electron chi connectivity index (χ4n) is 2.89. The standard InChI is InChI=1S/C17H27N3O.HI/c1-17(9-4-5-10-17)13-20-16(18-2)19-12-14-7-6-8-15(11-14)21-3;/h6-8,11H,4-5,9-10,12-13H2,1-3H3,(H2,18,19,20);1H. The molecule has 124 valence electrons. The zero-order valence-electron chi connectivity index (χ0n) is 13.8. The number of hydrogen-bond donors (Lipinski definition) is 2. The summed E-state index contributed by atoms with van der Waals surface area (Å²) in [6.07, 6.45) is 5.34. The van der Waals surface area contributed by atoms with E-state index in [9.17, 15) is 0 Å². The summed E-state index contributed by atoms with van der Waals surface area (Å²) in [5, 5.41) is 6.82. The molecular formula is C17H28IN3O. The Morgan fingerprint density at radius 1 is 1.27 bits per heavy atom. The van der Waals surface area contributed by atoms with Crippen molar-refractivity contribution in [1.29, 1.82) is 0 Å². The Balaban J connectivity index is 0.00000242. The highest BCUT2D eigenvalue weighted by molar-refractivity contribution is 14.0. The molecule has 1 aromatic rings. The van der Waals surface area contributed by atoms with Crippen molar-refractivity contribution in [3.63, 3.8) is 0 Å². The topological polar surface area (TPSA) is 45.7 Å². The fourth-order valence-corrected chi connectivity index (χ4v) is 2.89. The molecule has 2 rings (SSSR count). The molecule has 0 aromatic heterocycles. The van der Waals surface area contributed by atoms with E-state index in [4.69, 9.17) is 4.74 Å². The number of benzene rings is 1. The molecule has 0 spiro atoms. The summed E-state index contributed by atoms with van der Waals surface area (Å²) in [4.78, 5) is 4.30. The van der Waals surface area contributed by atoms with Gasteiger partial charge in [0.1, 0.15) is 5.75 Å². The van der Waals surface area contributed by atoms with E-state index in [1.807, 2.05) is 25.2 Å². The van der Waals surface area contributed by atoms with Gasteiger partial charge in [-0.3, -0.25) is 4.99 Å². The molecule has 1 aliphatic rings. The van der Waals surface area contributed by atoms with Crippen LogP contribution in [-0.4, -0.2) is 26.7 Å². The lowest BCUT2D eigenvalue weighted by molar-refractivity contribution is 0.334. The number of methoxy groups -OCH3 is 1. The molecule has 0 amide bonds. The van der Waals surface area contributed by atoms with Crippen molar-refractivity contribution < 1.29 is 4.74 Å². The first-order valence-electron chi connectivity index (χ1n) is 7.73. The van der Waals surface area contributed by atoms with E-state index < -0.39 is 0 Å². The first-order chi connectivity index (χ1) is 10.1. The maximum absolute atomic E-state index is 5.24. The smallest absolute Gasteiger partial charge is 0.191 e. The summed E-state index contributed by atoms with van der Waals surface area (Å²) >= 11 is 0. The largest absolute Gasteiger partial charge is 0.497 e. The van der Waals surface area contributed by atoms with Crippen LogP contribution in [0.5, 0.6) is 5.75 Å². The van der Waals surface area contributed by atoms with Gasteiger partial charge in [0.2, 0.25) is 0 Å². The van der Waals surface area contributed by atoms with Gasteiger partial charge in [0.25, 0.3) is 0 Å². The van der Waals surface area contributed by atoms with Gasteiger partial charge in [-0.2, -0.15) is 0 Å². The number of halogens is 1. The van der Waals surface area contributed by atoms with E-state index in [2.05, 4.69) is 28.6 Å². The number of nitrogens with one attached hydrogen (secondary N) is 2. The maximum Gasteiger partial charge on any atom is 0.191 e. The Kier molecular flexibility index (Phi) is 8.00. The van der Waals surface area contributed by atoms with Crippen LogP contribution in [-0.2, 0) is 6.54 Å². The van der Waals surface area contributed by atoms with Crippen LogP contribution in [0.15, 0.2) is 29.3 Å². The summed E-state index contributed by atoms with van der Waals surface area (Å²) in [5.74, 6) is 1.75. The van der Waals surface area contributed by atoms with Crippen LogP contribution in [0.1, 0.15) is 38.2 Å². The molecule has 0 radical (unpaired) electrons. The molecule has 1 fully saturated rings. The minimum atomic E-state index is 0. The van der Waals surface area contributed by atoms with Crippen LogP contribution in [0.25, 0.3) is 0 Å². The number of guanidine groups is 1. The second-order valence-corrected chi connectivity index (χ2v) is 6.15. The van der Waals surface area contributed by atoms with Crippen molar-refractivity contribution in [2.75, 3.05) is 20.7 Å². The number of rotatable bonds is 5. The predicted octanol–water partition coefficient (Wildman–Crippen LogP) is 3.56. The van der Waals surface area contributed by atoms with Crippen molar-refractivity contribution in [2.24, 2.45) is 10.4 Å². The highest BCUT2D eigenvalue weighted by Crippen LogP contribution is 2.36. The molecule has 4 nitrogen and oxygen atoms in total. The van der Waals surface area contributed by atoms with E-state index >= 15 is 0 Å². The Bertz CT molecular complexity index is 485. The van der Waals surface area contributed by atoms with Gasteiger partial charge in [0, 0.05) is 20.1 Å². The monoisotopic (exact) mass is 417 g/mol. The van der Waals surface area contributed by atoms with E-state index in [1.165, 1.54) is 31.2 Å². The first-order valence-corrected chi connectivity index (χ1v) is 7.73. The molecule has 0 saturated heterocycles. The lowest BCUT2D eigenvalue weighted by Crippen LogP contribution is -2.41. The van der Waals surface area contributed by atoms with Gasteiger partial charge in [-0.1, -0.05) is 31.9 Å². The van der Waals surface area contributed by atoms with Crippen molar-refractivity contribution in [1.82, 2.24) is 10.6 Å². The van der Waals surface area contributed by atoms with Crippen LogP contribution in [0.4, 0.5) is 0 Å². The average Bonchev–Trinajstić information content (AvgIpc) is 2.95. The van der Waals surface area contributed by atoms with Gasteiger partial charge in [-0.25, -0.2) is 0 Å². The molecule has 0 atom stereocenters. The third-order valence-corrected chi connectivity index (χ3v) is 4.31. The predicted molar refractivity (Wildman–Crippen MR) is 103 cm³/mol. The van der Waals surface area contributed by atoms with Crippen molar-refractivity contribution in [3.05, 3.63) is 29.8 Å². The average molecular weight is 417 g/mol. The van der Waals surface area contributed by atoms with Crippen LogP contribution in [0.3, 0.4) is 0 Å². The molecule has 0 unspecified atom stereocenters. The Morgan fingerprint density at radius 3 is 2.64 bits per heavy atom. The maximum atomic E-state index is 5.24. The summed E-state index contributed by atoms with van der Waals surface area (Å²) < 4.78 is 5.24. The summed E-state index contributed by atoms with van der Waals surface area (Å²) in [7, 11) is 3.51. The van der Waals surface area contributed by atoms with E-state index in [1.54, 1.807) is 7.11 Å². The zero-order chi connectivity index (χ0) is 15.1. The van der Waals surface area contributed by atoms with Gasteiger partial charge < -0.3 is 15.4 Å². The van der Waals surface area contributed by atoms with Crippen molar-refractivity contribution in [2.45, 2.75) is 39.2 Å². The molecule has 1 aliphatic carbocycles. The number of ether oxygens (including phenoxy) is 1. The van der Waals surface area contributed by atoms with Crippen molar-refractivity contribution >= 4 is 29.9 Å². The summed E-state index contributed by atoms with van der Waals surface area (Å²) in [6, 6.07) is 8.09. The Labute approximate surface area is 151 Å². The van der Waals surface area contributed by atoms with Crippen LogP contribution in [0, 0.1) is 5.41 Å². The second-order valence-electron chi connectivity index (χ2n) is 6.15. The van der Waals surface area contributed by atoms with Gasteiger partial charge in [-0.15, -0.1) is 24.0 Å². The fraction of sp³-hybridized carbons (Fsp3) is 0.588. The van der Waals surface area contributed by atoms with Gasteiger partial charge in [-0.05, 0) is 36.0 Å². The van der Waals surface area contributed by atoms with Crippen LogP contribution >= 0.6 is 24.0 Å². The van der Waals surface area contributed by atoms with Gasteiger partial charge >= 0.3 is 0 Å². The quantitative estimate of drug-likeness (QED) is 0.438. The molecule has 2 N–H and O–H groups in total. The summed E-state index contributed by atoms with van der Waals surface area (Å²) in [5.41, 5.74) is 1.61. The minimum absolute atomic E-state index is 0. The molecular weight excluding hydrogens is 389 g/mol. The zero-order valence-corrected chi connectivity index (χ0v) is 16.1. The lowest BCUT2D eigenvalue weighted by atomic mass is 9.89. The van der Waals surface area contributed by atoms with Crippen molar-refractivity contribution in [3.8, 4) is 5.75 Å². The molecule has 0 bridgehead atoms. The third-order valence-electron chi connectivity index (χ3n) is 4.31. The number of aliphatic imine (C=N–C) groups is 1. The Morgan fingerprint density at radius 2 is 2.00 bits per heavy atom. The molecule has 1 aromatic carbocycles. The lowest BCUT2D eigenvalue weighted by Gasteiger charge is -2.25. The molecule has 0 aliphatic heterocycles. The van der Waals surface area contributed by atoms with E-state index in [-0.39, 0.29) is 24.0 Å². The van der Waals surface area contributed by atoms with Crippen LogP contribution < -0.4 is 15.4 Å². The third kappa shape index (κ3) is 5.66. The van der Waals surface area contributed by atoms with Gasteiger partial charge in [0.05, 0.1) is 7.11 Å². The Hall–Kier alpha value is -0.980. The molecule has 22 heavy (non-hydrogen) atoms. The summed E-state index contributed by atoms with van der Waals surface area (Å²) in [6.45, 7) is 4.10. The second kappa shape index (κ2) is 9.22. The molecule has 1 saturated carbocycles. The van der Waals surface area contributed by atoms with E-state index in [0.717, 1.165) is 24.8 Å². The first kappa shape index (κ1) is 19.1. The molecule has 5 heteroatoms. The van der Waals surface area contributed by atoms with Gasteiger partial charge in [0.15, 0.2) is 5.96 Å². The van der Waals surface area contributed by atoms with Crippen LogP contribution in [0.2, 0.25) is 0 Å². The normalized spacial score (nSPS) is 16.8. The van der Waals surface area contributed by atoms with E-state index in [0.29, 0.717) is 5.41 Å². The SMILES string of the molecule is CN=C(NCc1cccc(OC)c1)NCC1(C)CCCC1.I. The highest BCUT2D eigenvalue weighted by Gasteiger charge is 2.28. The number of nitrogens with zero attached hydrogens (tertiary/aromatic N) is 1. The number of hydrogen-bond acceptors (Lipinski definition) is 2. The molecule has 0 heterocycles.